The van der Waals surface area contributed by atoms with Gasteiger partial charge in [0.15, 0.2) is 21.3 Å². The number of rotatable bonds is 5. The van der Waals surface area contributed by atoms with E-state index in [0.717, 1.165) is 5.56 Å². The Hall–Kier alpha value is -2.02. The predicted octanol–water partition coefficient (Wildman–Crippen LogP) is 1.41. The number of sulfone groups is 1. The summed E-state index contributed by atoms with van der Waals surface area (Å²) in [7, 11) is 0.0973. The van der Waals surface area contributed by atoms with E-state index in [9.17, 15) is 13.2 Å². The molecule has 0 bridgehead atoms. The normalized spacial score (nSPS) is 20.1. The van der Waals surface area contributed by atoms with Crippen molar-refractivity contribution in [2.45, 2.75) is 19.4 Å². The Morgan fingerprint density at radius 1 is 1.26 bits per heavy atom. The van der Waals surface area contributed by atoms with Crippen LogP contribution in [0, 0.1) is 0 Å². The molecule has 7 heteroatoms. The molecule has 1 unspecified atom stereocenters. The highest BCUT2D eigenvalue weighted by Crippen LogP contribution is 2.28. The fraction of sp³-hybridized carbons (Fsp3) is 0.438. The third kappa shape index (κ3) is 4.48. The number of methoxy groups -OCH3 is 2. The van der Waals surface area contributed by atoms with Crippen molar-refractivity contribution < 1.29 is 22.7 Å². The SMILES string of the molecule is COc1ccc(/C=C(\C)C(=O)NC2CCS(=O)(=O)C2)cc1OC. The zero-order valence-electron chi connectivity index (χ0n) is 13.5. The molecule has 0 aromatic heterocycles. The molecule has 1 aromatic rings. The quantitative estimate of drug-likeness (QED) is 0.820. The molecule has 1 saturated heterocycles. The van der Waals surface area contributed by atoms with E-state index in [1.54, 1.807) is 39.4 Å². The fourth-order valence-electron chi connectivity index (χ4n) is 2.47. The maximum absolute atomic E-state index is 12.2. The first kappa shape index (κ1) is 17.3. The second-order valence-electron chi connectivity index (χ2n) is 5.52. The average molecular weight is 339 g/mol. The summed E-state index contributed by atoms with van der Waals surface area (Å²) in [6, 6.07) is 5.05. The molecule has 1 heterocycles. The summed E-state index contributed by atoms with van der Waals surface area (Å²) < 4.78 is 33.2. The highest BCUT2D eigenvalue weighted by Gasteiger charge is 2.29. The van der Waals surface area contributed by atoms with Gasteiger partial charge in [0, 0.05) is 11.6 Å². The van der Waals surface area contributed by atoms with E-state index in [1.807, 2.05) is 6.07 Å². The minimum Gasteiger partial charge on any atom is -0.493 e. The molecule has 1 amide bonds. The monoisotopic (exact) mass is 339 g/mol. The van der Waals surface area contributed by atoms with Crippen LogP contribution in [-0.2, 0) is 14.6 Å². The summed E-state index contributed by atoms with van der Waals surface area (Å²) in [5, 5.41) is 2.76. The van der Waals surface area contributed by atoms with Crippen LogP contribution in [0.1, 0.15) is 18.9 Å². The maximum Gasteiger partial charge on any atom is 0.247 e. The standard InChI is InChI=1S/C16H21NO5S/c1-11(16(18)17-13-6-7-23(19,20)10-13)8-12-4-5-14(21-2)15(9-12)22-3/h4-5,8-9,13H,6-7,10H2,1-3H3,(H,17,18)/b11-8+. The van der Waals surface area contributed by atoms with Crippen LogP contribution in [0.3, 0.4) is 0 Å². The summed E-state index contributed by atoms with van der Waals surface area (Å²) >= 11 is 0. The molecule has 23 heavy (non-hydrogen) atoms. The molecule has 126 valence electrons. The van der Waals surface area contributed by atoms with Crippen LogP contribution < -0.4 is 14.8 Å². The van der Waals surface area contributed by atoms with E-state index < -0.39 is 9.84 Å². The van der Waals surface area contributed by atoms with Crippen LogP contribution in [0.25, 0.3) is 6.08 Å². The smallest absolute Gasteiger partial charge is 0.247 e. The molecule has 6 nitrogen and oxygen atoms in total. The van der Waals surface area contributed by atoms with Crippen molar-refractivity contribution in [3.8, 4) is 11.5 Å². The van der Waals surface area contributed by atoms with Crippen LogP contribution in [0.15, 0.2) is 23.8 Å². The molecule has 1 atom stereocenters. The maximum atomic E-state index is 12.2. The molecule has 1 aliphatic rings. The lowest BCUT2D eigenvalue weighted by Crippen LogP contribution is -2.35. The first-order valence-corrected chi connectivity index (χ1v) is 9.08. The van der Waals surface area contributed by atoms with Gasteiger partial charge in [0.1, 0.15) is 0 Å². The van der Waals surface area contributed by atoms with Gasteiger partial charge in [-0.2, -0.15) is 0 Å². The topological polar surface area (TPSA) is 81.7 Å². The Kier molecular flexibility index (Phi) is 5.30. The number of carbonyl (C=O) groups excluding carboxylic acids is 1. The third-order valence-corrected chi connectivity index (χ3v) is 5.48. The van der Waals surface area contributed by atoms with E-state index >= 15 is 0 Å². The largest absolute Gasteiger partial charge is 0.493 e. The van der Waals surface area contributed by atoms with Crippen molar-refractivity contribution in [3.63, 3.8) is 0 Å². The van der Waals surface area contributed by atoms with Crippen molar-refractivity contribution >= 4 is 21.8 Å². The lowest BCUT2D eigenvalue weighted by Gasteiger charge is -2.11. The Balaban J connectivity index is 2.08. The summed E-state index contributed by atoms with van der Waals surface area (Å²) in [5.41, 5.74) is 1.30. The van der Waals surface area contributed by atoms with Crippen LogP contribution in [0.2, 0.25) is 0 Å². The predicted molar refractivity (Wildman–Crippen MR) is 88.4 cm³/mol. The molecule has 0 spiro atoms. The molecule has 0 aliphatic carbocycles. The van der Waals surface area contributed by atoms with Gasteiger partial charge in [-0.25, -0.2) is 8.42 Å². The van der Waals surface area contributed by atoms with Gasteiger partial charge < -0.3 is 14.8 Å². The molecular formula is C16H21NO5S. The van der Waals surface area contributed by atoms with E-state index in [2.05, 4.69) is 5.32 Å². The second-order valence-corrected chi connectivity index (χ2v) is 7.74. The van der Waals surface area contributed by atoms with Gasteiger partial charge in [-0.1, -0.05) is 6.07 Å². The van der Waals surface area contributed by atoms with Crippen molar-refractivity contribution in [1.82, 2.24) is 5.32 Å². The second kappa shape index (κ2) is 7.04. The molecule has 1 fully saturated rings. The first-order chi connectivity index (χ1) is 10.8. The minimum atomic E-state index is -3.01. The highest BCUT2D eigenvalue weighted by atomic mass is 32.2. The van der Waals surface area contributed by atoms with Gasteiger partial charge in [0.25, 0.3) is 0 Å². The van der Waals surface area contributed by atoms with Crippen LogP contribution in [0.5, 0.6) is 11.5 Å². The van der Waals surface area contributed by atoms with Gasteiger partial charge in [0.2, 0.25) is 5.91 Å². The van der Waals surface area contributed by atoms with E-state index in [1.165, 1.54) is 0 Å². The van der Waals surface area contributed by atoms with Crippen molar-refractivity contribution in [2.75, 3.05) is 25.7 Å². The first-order valence-electron chi connectivity index (χ1n) is 7.26. The van der Waals surface area contributed by atoms with E-state index in [4.69, 9.17) is 9.47 Å². The number of hydrogen-bond donors (Lipinski definition) is 1. The van der Waals surface area contributed by atoms with Crippen LogP contribution >= 0.6 is 0 Å². The lowest BCUT2D eigenvalue weighted by molar-refractivity contribution is -0.117. The Labute approximate surface area is 136 Å². The molecule has 1 N–H and O–H groups in total. The molecule has 2 rings (SSSR count). The molecule has 0 radical (unpaired) electrons. The summed E-state index contributed by atoms with van der Waals surface area (Å²) in [4.78, 5) is 12.2. The summed E-state index contributed by atoms with van der Waals surface area (Å²) in [6.45, 7) is 1.69. The van der Waals surface area contributed by atoms with Crippen molar-refractivity contribution in [3.05, 3.63) is 29.3 Å². The van der Waals surface area contributed by atoms with Crippen molar-refractivity contribution in [2.24, 2.45) is 0 Å². The molecule has 1 aliphatic heterocycles. The van der Waals surface area contributed by atoms with E-state index in [-0.39, 0.29) is 23.5 Å². The zero-order chi connectivity index (χ0) is 17.0. The van der Waals surface area contributed by atoms with Gasteiger partial charge in [-0.3, -0.25) is 4.79 Å². The van der Waals surface area contributed by atoms with Gasteiger partial charge >= 0.3 is 0 Å². The van der Waals surface area contributed by atoms with Crippen molar-refractivity contribution in [1.29, 1.82) is 0 Å². The number of nitrogens with one attached hydrogen (secondary N) is 1. The minimum absolute atomic E-state index is 0.0162. The molecule has 0 saturated carbocycles. The Morgan fingerprint density at radius 3 is 2.52 bits per heavy atom. The van der Waals surface area contributed by atoms with Crippen LogP contribution in [0.4, 0.5) is 0 Å². The number of benzene rings is 1. The Bertz CT molecular complexity index is 724. The number of hydrogen-bond acceptors (Lipinski definition) is 5. The average Bonchev–Trinajstić information content (AvgIpc) is 2.85. The Morgan fingerprint density at radius 2 is 1.96 bits per heavy atom. The van der Waals surface area contributed by atoms with E-state index in [0.29, 0.717) is 23.5 Å². The fourth-order valence-corrected chi connectivity index (χ4v) is 4.14. The summed E-state index contributed by atoms with van der Waals surface area (Å²) in [5.74, 6) is 1.08. The lowest BCUT2D eigenvalue weighted by atomic mass is 10.1. The van der Waals surface area contributed by atoms with Gasteiger partial charge in [0.05, 0.1) is 25.7 Å². The number of amides is 1. The zero-order valence-corrected chi connectivity index (χ0v) is 14.3. The third-order valence-electron chi connectivity index (χ3n) is 3.72. The molecular weight excluding hydrogens is 318 g/mol. The van der Waals surface area contributed by atoms with Crippen LogP contribution in [-0.4, -0.2) is 46.1 Å². The highest BCUT2D eigenvalue weighted by molar-refractivity contribution is 7.91. The summed E-state index contributed by atoms with van der Waals surface area (Å²) in [6.07, 6.45) is 2.19. The molecule has 1 aromatic carbocycles. The number of ether oxygens (including phenoxy) is 2. The van der Waals surface area contributed by atoms with Gasteiger partial charge in [-0.15, -0.1) is 0 Å². The number of carbonyl (C=O) groups is 1. The van der Waals surface area contributed by atoms with Gasteiger partial charge in [-0.05, 0) is 37.1 Å².